The van der Waals surface area contributed by atoms with Crippen molar-refractivity contribution < 1.29 is 9.90 Å². The molecule has 0 radical (unpaired) electrons. The lowest BCUT2D eigenvalue weighted by Gasteiger charge is -2.07. The number of carboxylic acids is 1. The van der Waals surface area contributed by atoms with Crippen LogP contribution in [-0.2, 0) is 0 Å². The Hall–Kier alpha value is -0.590. The largest absolute Gasteiger partial charge is 0.477 e. The third-order valence-electron chi connectivity index (χ3n) is 1.95. The summed E-state index contributed by atoms with van der Waals surface area (Å²) >= 11 is 2.90. The fraction of sp³-hybridized carbons (Fsp3) is 0.600. The first kappa shape index (κ1) is 13.5. The highest BCUT2D eigenvalue weighted by Gasteiger charge is 2.13. The maximum atomic E-state index is 10.8. The number of nitrogens with zero attached hydrogens (tertiary/aromatic N) is 2. The predicted octanol–water partition coefficient (Wildman–Crippen LogP) is 2.19. The molecule has 0 atom stereocenters. The molecule has 4 nitrogen and oxygen atoms in total. The number of carboxylic acid groups (broad SMARTS) is 1. The fourth-order valence-corrected chi connectivity index (χ4v) is 3.20. The first-order valence-corrected chi connectivity index (χ1v) is 6.79. The van der Waals surface area contributed by atoms with Crippen LogP contribution in [0.25, 0.3) is 0 Å². The van der Waals surface area contributed by atoms with Crippen LogP contribution in [0.2, 0.25) is 0 Å². The second kappa shape index (κ2) is 6.22. The molecule has 0 amide bonds. The van der Waals surface area contributed by atoms with Crippen molar-refractivity contribution >= 4 is 29.1 Å². The van der Waals surface area contributed by atoms with E-state index in [4.69, 9.17) is 5.11 Å². The molecule has 0 bridgehead atoms. The highest BCUT2D eigenvalue weighted by Crippen LogP contribution is 2.27. The molecule has 0 aliphatic rings. The molecule has 0 aliphatic carbocycles. The number of rotatable bonds is 6. The smallest absolute Gasteiger partial charge is 0.347 e. The molecule has 16 heavy (non-hydrogen) atoms. The van der Waals surface area contributed by atoms with Gasteiger partial charge in [0.15, 0.2) is 4.34 Å². The zero-order valence-corrected chi connectivity index (χ0v) is 11.3. The van der Waals surface area contributed by atoms with E-state index in [-0.39, 0.29) is 0 Å². The van der Waals surface area contributed by atoms with E-state index in [2.05, 4.69) is 9.88 Å². The summed E-state index contributed by atoms with van der Waals surface area (Å²) in [6, 6.07) is 0. The first-order chi connectivity index (χ1) is 7.50. The summed E-state index contributed by atoms with van der Waals surface area (Å²) in [5.74, 6) is 0.0969. The highest BCUT2D eigenvalue weighted by atomic mass is 32.2. The van der Waals surface area contributed by atoms with Gasteiger partial charge in [-0.2, -0.15) is 0 Å². The molecule has 1 rings (SSSR count). The van der Waals surface area contributed by atoms with Gasteiger partial charge in [0.05, 0.1) is 5.69 Å². The fourth-order valence-electron chi connectivity index (χ4n) is 1.17. The molecular weight excluding hydrogens is 244 g/mol. The summed E-state index contributed by atoms with van der Waals surface area (Å²) in [7, 11) is 4.08. The minimum Gasteiger partial charge on any atom is -0.477 e. The second-order valence-corrected chi connectivity index (χ2v) is 6.05. The molecule has 90 valence electrons. The quantitative estimate of drug-likeness (QED) is 0.627. The molecule has 1 aromatic heterocycles. The van der Waals surface area contributed by atoms with Crippen molar-refractivity contribution in [1.82, 2.24) is 9.88 Å². The molecular formula is C10H16N2O2S2. The van der Waals surface area contributed by atoms with Crippen LogP contribution in [0.5, 0.6) is 0 Å². The van der Waals surface area contributed by atoms with Gasteiger partial charge in [-0.3, -0.25) is 0 Å². The highest BCUT2D eigenvalue weighted by molar-refractivity contribution is 8.01. The van der Waals surface area contributed by atoms with Crippen LogP contribution in [0.15, 0.2) is 4.34 Å². The van der Waals surface area contributed by atoms with E-state index in [0.29, 0.717) is 10.6 Å². The molecule has 0 aromatic carbocycles. The minimum atomic E-state index is -0.879. The Kier molecular flexibility index (Phi) is 5.24. The van der Waals surface area contributed by atoms with E-state index >= 15 is 0 Å². The molecule has 6 heteroatoms. The van der Waals surface area contributed by atoms with Crippen LogP contribution >= 0.6 is 23.1 Å². The predicted molar refractivity (Wildman–Crippen MR) is 67.7 cm³/mol. The first-order valence-electron chi connectivity index (χ1n) is 4.99. The van der Waals surface area contributed by atoms with Gasteiger partial charge in [-0.15, -0.1) is 11.3 Å². The van der Waals surface area contributed by atoms with Crippen LogP contribution in [0.4, 0.5) is 0 Å². The summed E-state index contributed by atoms with van der Waals surface area (Å²) in [6.45, 7) is 2.78. The maximum Gasteiger partial charge on any atom is 0.347 e. The van der Waals surface area contributed by atoms with Crippen molar-refractivity contribution in [1.29, 1.82) is 0 Å². The normalized spacial score (nSPS) is 11.0. The van der Waals surface area contributed by atoms with Crippen molar-refractivity contribution in [2.24, 2.45) is 0 Å². The number of aromatic carboxylic acids is 1. The van der Waals surface area contributed by atoms with E-state index in [9.17, 15) is 4.79 Å². The molecule has 0 saturated heterocycles. The molecule has 1 N–H and O–H groups in total. The van der Waals surface area contributed by atoms with Crippen molar-refractivity contribution in [2.75, 3.05) is 26.4 Å². The number of aryl methyl sites for hydroxylation is 1. The lowest BCUT2D eigenvalue weighted by Crippen LogP contribution is -2.13. The number of hydrogen-bond donors (Lipinski definition) is 1. The number of carbonyl (C=O) groups is 1. The van der Waals surface area contributed by atoms with Gasteiger partial charge in [0.2, 0.25) is 0 Å². The van der Waals surface area contributed by atoms with E-state index in [0.717, 1.165) is 23.1 Å². The third-order valence-corrected chi connectivity index (χ3v) is 4.32. The SMILES string of the molecule is Cc1nc(SCCCN(C)C)sc1C(=O)O. The minimum absolute atomic E-state index is 0.357. The van der Waals surface area contributed by atoms with E-state index < -0.39 is 5.97 Å². The average molecular weight is 260 g/mol. The Balaban J connectivity index is 2.43. The van der Waals surface area contributed by atoms with Gasteiger partial charge in [-0.05, 0) is 34.0 Å². The van der Waals surface area contributed by atoms with Crippen molar-refractivity contribution in [3.05, 3.63) is 10.6 Å². The van der Waals surface area contributed by atoms with E-state index in [1.807, 2.05) is 14.1 Å². The van der Waals surface area contributed by atoms with E-state index in [1.165, 1.54) is 11.3 Å². The van der Waals surface area contributed by atoms with Crippen LogP contribution in [0.3, 0.4) is 0 Å². The molecule has 0 unspecified atom stereocenters. The molecule has 1 heterocycles. The molecule has 0 saturated carbocycles. The van der Waals surface area contributed by atoms with Crippen LogP contribution in [0.1, 0.15) is 21.8 Å². The molecule has 0 fully saturated rings. The maximum absolute atomic E-state index is 10.8. The molecule has 0 spiro atoms. The van der Waals surface area contributed by atoms with Crippen LogP contribution in [-0.4, -0.2) is 47.4 Å². The lowest BCUT2D eigenvalue weighted by atomic mass is 10.4. The zero-order valence-electron chi connectivity index (χ0n) is 9.69. The van der Waals surface area contributed by atoms with Gasteiger partial charge in [-0.1, -0.05) is 11.8 Å². The molecule has 0 aliphatic heterocycles. The number of thiazole rings is 1. The Morgan fingerprint density at radius 1 is 1.56 bits per heavy atom. The number of thioether (sulfide) groups is 1. The van der Waals surface area contributed by atoms with Gasteiger partial charge in [-0.25, -0.2) is 9.78 Å². The van der Waals surface area contributed by atoms with E-state index in [1.54, 1.807) is 18.7 Å². The van der Waals surface area contributed by atoms with Gasteiger partial charge < -0.3 is 10.0 Å². The van der Waals surface area contributed by atoms with Crippen LogP contribution in [0, 0.1) is 6.92 Å². The van der Waals surface area contributed by atoms with Gasteiger partial charge >= 0.3 is 5.97 Å². The topological polar surface area (TPSA) is 53.4 Å². The Morgan fingerprint density at radius 2 is 2.25 bits per heavy atom. The summed E-state index contributed by atoms with van der Waals surface area (Å²) in [4.78, 5) is 17.5. The van der Waals surface area contributed by atoms with Crippen LogP contribution < -0.4 is 0 Å². The second-order valence-electron chi connectivity index (χ2n) is 3.70. The standard InChI is InChI=1S/C10H16N2O2S2/c1-7-8(9(13)14)16-10(11-7)15-6-4-5-12(2)3/h4-6H2,1-3H3,(H,13,14). The van der Waals surface area contributed by atoms with Gasteiger partial charge in [0.1, 0.15) is 4.88 Å². The van der Waals surface area contributed by atoms with Crippen molar-refractivity contribution in [3.8, 4) is 0 Å². The molecule has 1 aromatic rings. The monoisotopic (exact) mass is 260 g/mol. The number of hydrogen-bond acceptors (Lipinski definition) is 5. The van der Waals surface area contributed by atoms with Crippen molar-refractivity contribution in [2.45, 2.75) is 17.7 Å². The third kappa shape index (κ3) is 4.11. The summed E-state index contributed by atoms with van der Waals surface area (Å²) in [5.41, 5.74) is 0.618. The Morgan fingerprint density at radius 3 is 2.75 bits per heavy atom. The van der Waals surface area contributed by atoms with Gasteiger partial charge in [0.25, 0.3) is 0 Å². The van der Waals surface area contributed by atoms with Gasteiger partial charge in [0, 0.05) is 5.75 Å². The summed E-state index contributed by atoms with van der Waals surface area (Å²) < 4.78 is 0.855. The summed E-state index contributed by atoms with van der Waals surface area (Å²) in [6.07, 6.45) is 1.08. The zero-order chi connectivity index (χ0) is 12.1. The van der Waals surface area contributed by atoms with Crippen molar-refractivity contribution in [3.63, 3.8) is 0 Å². The average Bonchev–Trinajstić information content (AvgIpc) is 2.54. The Bertz CT molecular complexity index is 364. The summed E-state index contributed by atoms with van der Waals surface area (Å²) in [5, 5.41) is 8.88. The Labute approximate surface area is 104 Å². The lowest BCUT2D eigenvalue weighted by molar-refractivity contribution is 0.0701. The number of aromatic nitrogens is 1.